The minimum absolute atomic E-state index is 0.158. The average Bonchev–Trinajstić information content (AvgIpc) is 2.84. The van der Waals surface area contributed by atoms with Crippen LogP contribution in [0.1, 0.15) is 59.7 Å². The van der Waals surface area contributed by atoms with Crippen LogP contribution in [0, 0.1) is 5.41 Å². The van der Waals surface area contributed by atoms with Crippen LogP contribution in [0.3, 0.4) is 0 Å². The van der Waals surface area contributed by atoms with Gasteiger partial charge in [-0.2, -0.15) is 0 Å². The predicted molar refractivity (Wildman–Crippen MR) is 71.8 cm³/mol. The first-order valence-electron chi connectivity index (χ1n) is 6.83. The molecule has 1 N–H and O–H groups in total. The van der Waals surface area contributed by atoms with Gasteiger partial charge in [0.1, 0.15) is 0 Å². The molecule has 0 amide bonds. The van der Waals surface area contributed by atoms with Crippen molar-refractivity contribution in [2.45, 2.75) is 65.8 Å². The van der Waals surface area contributed by atoms with E-state index in [0.29, 0.717) is 19.4 Å². The number of hydrogen-bond acceptors (Lipinski definition) is 4. The van der Waals surface area contributed by atoms with E-state index in [0.717, 1.165) is 12.2 Å². The standard InChI is InChI=1S/C13H24N4O2/c1-6-12(4,5)10-14-15-16-17(10)9-13(7-2,8-3)11(18)19/h6-9H2,1-5H3,(H,18,19). The summed E-state index contributed by atoms with van der Waals surface area (Å²) in [4.78, 5) is 11.6. The number of aliphatic carboxylic acids is 1. The van der Waals surface area contributed by atoms with E-state index >= 15 is 0 Å². The smallest absolute Gasteiger partial charge is 0.311 e. The third-order valence-corrected chi connectivity index (χ3v) is 4.28. The van der Waals surface area contributed by atoms with Gasteiger partial charge in [0, 0.05) is 5.41 Å². The Hall–Kier alpha value is -1.46. The Morgan fingerprint density at radius 2 is 1.79 bits per heavy atom. The second-order valence-corrected chi connectivity index (χ2v) is 5.69. The Labute approximate surface area is 114 Å². The molecular weight excluding hydrogens is 244 g/mol. The summed E-state index contributed by atoms with van der Waals surface area (Å²) in [5.41, 5.74) is -0.955. The number of carboxylic acid groups (broad SMARTS) is 1. The predicted octanol–water partition coefficient (Wildman–Crippen LogP) is 2.25. The largest absolute Gasteiger partial charge is 0.481 e. The zero-order valence-corrected chi connectivity index (χ0v) is 12.5. The van der Waals surface area contributed by atoms with E-state index in [2.05, 4.69) is 36.3 Å². The first-order valence-corrected chi connectivity index (χ1v) is 6.83. The fourth-order valence-corrected chi connectivity index (χ4v) is 2.08. The molecule has 0 bridgehead atoms. The molecule has 0 unspecified atom stereocenters. The lowest BCUT2D eigenvalue weighted by molar-refractivity contribution is -0.150. The van der Waals surface area contributed by atoms with Crippen molar-refractivity contribution in [1.29, 1.82) is 0 Å². The SMILES string of the molecule is CCC(CC)(Cn1nnnc1C(C)(C)CC)C(=O)O. The van der Waals surface area contributed by atoms with E-state index in [1.165, 1.54) is 0 Å². The average molecular weight is 268 g/mol. The van der Waals surface area contributed by atoms with Crippen LogP contribution in [0.5, 0.6) is 0 Å². The van der Waals surface area contributed by atoms with Crippen molar-refractivity contribution in [2.75, 3.05) is 0 Å². The van der Waals surface area contributed by atoms with Gasteiger partial charge < -0.3 is 5.11 Å². The van der Waals surface area contributed by atoms with E-state index in [4.69, 9.17) is 0 Å². The van der Waals surface area contributed by atoms with Crippen LogP contribution < -0.4 is 0 Å². The Kier molecular flexibility index (Phi) is 4.66. The minimum Gasteiger partial charge on any atom is -0.481 e. The molecule has 0 spiro atoms. The number of aromatic nitrogens is 4. The molecule has 0 aliphatic carbocycles. The highest BCUT2D eigenvalue weighted by atomic mass is 16.4. The summed E-state index contributed by atoms with van der Waals surface area (Å²) < 4.78 is 1.66. The quantitative estimate of drug-likeness (QED) is 0.820. The van der Waals surface area contributed by atoms with Gasteiger partial charge in [-0.1, -0.05) is 34.6 Å². The lowest BCUT2D eigenvalue weighted by atomic mass is 9.82. The topological polar surface area (TPSA) is 80.9 Å². The highest BCUT2D eigenvalue weighted by Gasteiger charge is 2.38. The van der Waals surface area contributed by atoms with Gasteiger partial charge >= 0.3 is 5.97 Å². The number of carboxylic acids is 1. The zero-order chi connectivity index (χ0) is 14.7. The summed E-state index contributed by atoms with van der Waals surface area (Å²) in [6.07, 6.45) is 2.01. The van der Waals surface area contributed by atoms with Gasteiger partial charge in [-0.25, -0.2) is 4.68 Å². The summed E-state index contributed by atoms with van der Waals surface area (Å²) in [5, 5.41) is 21.3. The van der Waals surface area contributed by atoms with E-state index < -0.39 is 11.4 Å². The maximum Gasteiger partial charge on any atom is 0.311 e. The molecule has 1 rings (SSSR count). The Balaban J connectivity index is 3.13. The molecule has 1 aromatic heterocycles. The molecule has 0 aliphatic rings. The van der Waals surface area contributed by atoms with E-state index in [9.17, 15) is 9.90 Å². The summed E-state index contributed by atoms with van der Waals surface area (Å²) in [7, 11) is 0. The molecule has 0 aliphatic heterocycles. The van der Waals surface area contributed by atoms with Gasteiger partial charge in [-0.05, 0) is 29.7 Å². The number of nitrogens with zero attached hydrogens (tertiary/aromatic N) is 4. The zero-order valence-electron chi connectivity index (χ0n) is 12.5. The molecule has 1 heterocycles. The van der Waals surface area contributed by atoms with Crippen molar-refractivity contribution in [3.63, 3.8) is 0 Å². The van der Waals surface area contributed by atoms with Crippen molar-refractivity contribution < 1.29 is 9.90 Å². The number of hydrogen-bond donors (Lipinski definition) is 1. The second-order valence-electron chi connectivity index (χ2n) is 5.69. The molecule has 0 fully saturated rings. The van der Waals surface area contributed by atoms with Crippen LogP contribution in [0.2, 0.25) is 0 Å². The van der Waals surface area contributed by atoms with Crippen molar-refractivity contribution in [3.8, 4) is 0 Å². The lowest BCUT2D eigenvalue weighted by Crippen LogP contribution is -2.36. The molecule has 0 saturated carbocycles. The molecule has 6 nitrogen and oxygen atoms in total. The first-order chi connectivity index (χ1) is 8.83. The molecule has 6 heteroatoms. The molecule has 0 aromatic carbocycles. The second kappa shape index (κ2) is 5.67. The maximum atomic E-state index is 11.6. The van der Waals surface area contributed by atoms with Crippen LogP contribution in [0.15, 0.2) is 0 Å². The van der Waals surface area contributed by atoms with E-state index in [1.807, 2.05) is 13.8 Å². The molecule has 1 aromatic rings. The van der Waals surface area contributed by atoms with Crippen molar-refractivity contribution in [3.05, 3.63) is 5.82 Å². The number of carbonyl (C=O) groups is 1. The molecule has 0 saturated heterocycles. The molecular formula is C13H24N4O2. The van der Waals surface area contributed by atoms with Crippen molar-refractivity contribution in [2.24, 2.45) is 5.41 Å². The fraction of sp³-hybridized carbons (Fsp3) is 0.846. The monoisotopic (exact) mass is 268 g/mol. The molecule has 0 radical (unpaired) electrons. The van der Waals surface area contributed by atoms with E-state index in [1.54, 1.807) is 4.68 Å². The Morgan fingerprint density at radius 3 is 2.21 bits per heavy atom. The first kappa shape index (κ1) is 15.6. The molecule has 0 atom stereocenters. The number of tetrazole rings is 1. The fourth-order valence-electron chi connectivity index (χ4n) is 2.08. The molecule has 108 valence electrons. The summed E-state index contributed by atoms with van der Waals surface area (Å²) >= 11 is 0. The summed E-state index contributed by atoms with van der Waals surface area (Å²) in [5.74, 6) is -0.0317. The van der Waals surface area contributed by atoms with Crippen LogP contribution >= 0.6 is 0 Å². The maximum absolute atomic E-state index is 11.6. The van der Waals surface area contributed by atoms with Gasteiger partial charge in [0.05, 0.1) is 12.0 Å². The Bertz CT molecular complexity index is 436. The highest BCUT2D eigenvalue weighted by molar-refractivity contribution is 5.74. The van der Waals surface area contributed by atoms with Crippen LogP contribution in [0.25, 0.3) is 0 Å². The third-order valence-electron chi connectivity index (χ3n) is 4.28. The summed E-state index contributed by atoms with van der Waals surface area (Å²) in [6.45, 7) is 10.3. The van der Waals surface area contributed by atoms with Gasteiger partial charge in [0.25, 0.3) is 0 Å². The van der Waals surface area contributed by atoms with Crippen molar-refractivity contribution in [1.82, 2.24) is 20.2 Å². The van der Waals surface area contributed by atoms with Gasteiger partial charge in [-0.3, -0.25) is 4.79 Å². The van der Waals surface area contributed by atoms with Gasteiger partial charge in [0.2, 0.25) is 0 Å². The van der Waals surface area contributed by atoms with Gasteiger partial charge in [0.15, 0.2) is 5.82 Å². The van der Waals surface area contributed by atoms with E-state index in [-0.39, 0.29) is 5.41 Å². The highest BCUT2D eigenvalue weighted by Crippen LogP contribution is 2.31. The number of rotatable bonds is 7. The van der Waals surface area contributed by atoms with Gasteiger partial charge in [-0.15, -0.1) is 5.10 Å². The van der Waals surface area contributed by atoms with Crippen LogP contribution in [-0.2, 0) is 16.8 Å². The third kappa shape index (κ3) is 2.93. The Morgan fingerprint density at radius 1 is 1.21 bits per heavy atom. The van der Waals surface area contributed by atoms with Crippen molar-refractivity contribution >= 4 is 5.97 Å². The summed E-state index contributed by atoms with van der Waals surface area (Å²) in [6, 6.07) is 0. The van der Waals surface area contributed by atoms with Crippen LogP contribution in [0.4, 0.5) is 0 Å². The minimum atomic E-state index is -0.798. The molecule has 19 heavy (non-hydrogen) atoms. The normalized spacial score (nSPS) is 12.7. The lowest BCUT2D eigenvalue weighted by Gasteiger charge is -2.29. The van der Waals surface area contributed by atoms with Crippen LogP contribution in [-0.4, -0.2) is 31.3 Å².